The Bertz CT molecular complexity index is 248. The molecule has 1 aromatic rings. The lowest BCUT2D eigenvalue weighted by atomic mass is 9.93. The van der Waals surface area contributed by atoms with Gasteiger partial charge in [-0.2, -0.15) is 0 Å². The first-order valence-electron chi connectivity index (χ1n) is 5.35. The summed E-state index contributed by atoms with van der Waals surface area (Å²) in [5.74, 6) is 0.516. The third-order valence-corrected chi connectivity index (χ3v) is 2.53. The first kappa shape index (κ1) is 11.0. The standard InChI is InChI=1S/C14H19/c1-3-5-7-10-13(4-2)14-11-8-6-9-12-14/h4,6,8-9,11-13H,1-3,5,7,10H2. The average molecular weight is 187 g/mol. The summed E-state index contributed by atoms with van der Waals surface area (Å²) in [6.45, 7) is 7.76. The molecule has 1 radical (unpaired) electrons. The van der Waals surface area contributed by atoms with E-state index in [1.165, 1.54) is 24.8 Å². The minimum atomic E-state index is 0.516. The van der Waals surface area contributed by atoms with Crippen molar-refractivity contribution in [3.63, 3.8) is 0 Å². The molecule has 0 aliphatic heterocycles. The van der Waals surface area contributed by atoms with Gasteiger partial charge in [0.05, 0.1) is 0 Å². The van der Waals surface area contributed by atoms with Crippen LogP contribution in [0, 0.1) is 6.92 Å². The van der Waals surface area contributed by atoms with Gasteiger partial charge in [-0.15, -0.1) is 6.58 Å². The van der Waals surface area contributed by atoms with E-state index in [0.717, 1.165) is 6.42 Å². The number of rotatable bonds is 6. The fourth-order valence-electron chi connectivity index (χ4n) is 1.66. The van der Waals surface area contributed by atoms with Crippen LogP contribution in [0.25, 0.3) is 0 Å². The molecule has 0 heterocycles. The topological polar surface area (TPSA) is 0 Å². The lowest BCUT2D eigenvalue weighted by molar-refractivity contribution is 0.642. The van der Waals surface area contributed by atoms with Gasteiger partial charge in [0.1, 0.15) is 0 Å². The minimum Gasteiger partial charge on any atom is -0.102 e. The summed E-state index contributed by atoms with van der Waals surface area (Å²) in [5.41, 5.74) is 1.38. The summed E-state index contributed by atoms with van der Waals surface area (Å²) in [5, 5.41) is 0. The van der Waals surface area contributed by atoms with Gasteiger partial charge in [-0.1, -0.05) is 62.6 Å². The van der Waals surface area contributed by atoms with Crippen molar-refractivity contribution in [1.29, 1.82) is 0 Å². The molecule has 0 amide bonds. The second kappa shape index (κ2) is 6.42. The Morgan fingerprint density at radius 3 is 2.43 bits per heavy atom. The van der Waals surface area contributed by atoms with E-state index in [9.17, 15) is 0 Å². The van der Waals surface area contributed by atoms with Crippen molar-refractivity contribution in [2.75, 3.05) is 0 Å². The average Bonchev–Trinajstić information content (AvgIpc) is 2.26. The molecule has 0 aromatic heterocycles. The second-order valence-corrected chi connectivity index (χ2v) is 3.60. The molecule has 1 unspecified atom stereocenters. The van der Waals surface area contributed by atoms with Crippen LogP contribution in [0.15, 0.2) is 43.0 Å². The van der Waals surface area contributed by atoms with Gasteiger partial charge in [-0.05, 0) is 12.0 Å². The van der Waals surface area contributed by atoms with Crippen molar-refractivity contribution >= 4 is 0 Å². The molecular formula is C14H19. The van der Waals surface area contributed by atoms with Gasteiger partial charge < -0.3 is 0 Å². The van der Waals surface area contributed by atoms with Gasteiger partial charge >= 0.3 is 0 Å². The zero-order chi connectivity index (χ0) is 10.2. The first-order chi connectivity index (χ1) is 6.88. The van der Waals surface area contributed by atoms with Crippen LogP contribution in [0.5, 0.6) is 0 Å². The monoisotopic (exact) mass is 187 g/mol. The molecule has 0 heteroatoms. The van der Waals surface area contributed by atoms with Crippen molar-refractivity contribution < 1.29 is 0 Å². The van der Waals surface area contributed by atoms with Crippen LogP contribution in [0.4, 0.5) is 0 Å². The maximum Gasteiger partial charge on any atom is 0.00152 e. The van der Waals surface area contributed by atoms with Crippen molar-refractivity contribution in [3.05, 3.63) is 55.5 Å². The summed E-state index contributed by atoms with van der Waals surface area (Å²) in [4.78, 5) is 0. The number of benzene rings is 1. The van der Waals surface area contributed by atoms with Gasteiger partial charge in [0, 0.05) is 5.92 Å². The van der Waals surface area contributed by atoms with Crippen LogP contribution in [-0.4, -0.2) is 0 Å². The summed E-state index contributed by atoms with van der Waals surface area (Å²) in [6.07, 6.45) is 6.76. The van der Waals surface area contributed by atoms with Gasteiger partial charge in [-0.3, -0.25) is 0 Å². The Hall–Kier alpha value is -1.04. The molecule has 0 saturated heterocycles. The molecule has 0 spiro atoms. The molecule has 1 rings (SSSR count). The van der Waals surface area contributed by atoms with Crippen molar-refractivity contribution in [3.8, 4) is 0 Å². The van der Waals surface area contributed by atoms with E-state index in [1.807, 2.05) is 0 Å². The smallest absolute Gasteiger partial charge is 0.00152 e. The molecule has 0 aliphatic rings. The summed E-state index contributed by atoms with van der Waals surface area (Å²) >= 11 is 0. The van der Waals surface area contributed by atoms with Crippen LogP contribution in [0.1, 0.15) is 37.2 Å². The molecule has 1 atom stereocenters. The summed E-state index contributed by atoms with van der Waals surface area (Å²) in [7, 11) is 0. The highest BCUT2D eigenvalue weighted by atomic mass is 14.1. The number of unbranched alkanes of at least 4 members (excludes halogenated alkanes) is 2. The lowest BCUT2D eigenvalue weighted by Crippen LogP contribution is -1.94. The zero-order valence-electron chi connectivity index (χ0n) is 8.78. The molecule has 0 bridgehead atoms. The van der Waals surface area contributed by atoms with E-state index in [4.69, 9.17) is 0 Å². The molecule has 1 aromatic carbocycles. The Morgan fingerprint density at radius 1 is 1.14 bits per heavy atom. The zero-order valence-corrected chi connectivity index (χ0v) is 8.78. The fraction of sp³-hybridized carbons (Fsp3) is 0.357. The second-order valence-electron chi connectivity index (χ2n) is 3.60. The van der Waals surface area contributed by atoms with Crippen molar-refractivity contribution in [1.82, 2.24) is 0 Å². The van der Waals surface area contributed by atoms with E-state index in [0.29, 0.717) is 5.92 Å². The highest BCUT2D eigenvalue weighted by molar-refractivity contribution is 5.22. The maximum absolute atomic E-state index is 3.90. The Balaban J connectivity index is 2.50. The molecule has 0 fully saturated rings. The van der Waals surface area contributed by atoms with E-state index in [-0.39, 0.29) is 0 Å². The molecule has 14 heavy (non-hydrogen) atoms. The molecular weight excluding hydrogens is 168 g/mol. The Morgan fingerprint density at radius 2 is 1.86 bits per heavy atom. The SMILES string of the molecule is [CH2]CCCCC(C=C)c1ccccc1. The van der Waals surface area contributed by atoms with Crippen molar-refractivity contribution in [2.45, 2.75) is 31.6 Å². The minimum absolute atomic E-state index is 0.516. The van der Waals surface area contributed by atoms with Crippen LogP contribution in [0.3, 0.4) is 0 Å². The number of hydrogen-bond donors (Lipinski definition) is 0. The normalized spacial score (nSPS) is 12.4. The Kier molecular flexibility index (Phi) is 5.06. The highest BCUT2D eigenvalue weighted by Crippen LogP contribution is 2.22. The predicted octanol–water partition coefficient (Wildman–Crippen LogP) is 4.35. The van der Waals surface area contributed by atoms with Crippen LogP contribution >= 0.6 is 0 Å². The molecule has 75 valence electrons. The van der Waals surface area contributed by atoms with Crippen molar-refractivity contribution in [2.24, 2.45) is 0 Å². The van der Waals surface area contributed by atoms with Crippen LogP contribution in [0.2, 0.25) is 0 Å². The molecule has 0 N–H and O–H groups in total. The first-order valence-corrected chi connectivity index (χ1v) is 5.35. The van der Waals surface area contributed by atoms with Gasteiger partial charge in [0.25, 0.3) is 0 Å². The predicted molar refractivity (Wildman–Crippen MR) is 63.2 cm³/mol. The molecule has 0 saturated carbocycles. The fourth-order valence-corrected chi connectivity index (χ4v) is 1.66. The van der Waals surface area contributed by atoms with Crippen LogP contribution < -0.4 is 0 Å². The summed E-state index contributed by atoms with van der Waals surface area (Å²) in [6, 6.07) is 10.6. The summed E-state index contributed by atoms with van der Waals surface area (Å²) < 4.78 is 0. The van der Waals surface area contributed by atoms with E-state index < -0.39 is 0 Å². The van der Waals surface area contributed by atoms with Gasteiger partial charge in [-0.25, -0.2) is 0 Å². The quantitative estimate of drug-likeness (QED) is 0.459. The molecule has 0 aliphatic carbocycles. The van der Waals surface area contributed by atoms with Crippen LogP contribution in [-0.2, 0) is 0 Å². The van der Waals surface area contributed by atoms with E-state index in [2.05, 4.69) is 49.9 Å². The van der Waals surface area contributed by atoms with Gasteiger partial charge in [0.2, 0.25) is 0 Å². The highest BCUT2D eigenvalue weighted by Gasteiger charge is 2.05. The largest absolute Gasteiger partial charge is 0.102 e. The third kappa shape index (κ3) is 3.37. The third-order valence-electron chi connectivity index (χ3n) is 2.53. The Labute approximate surface area is 87.7 Å². The number of hydrogen-bond acceptors (Lipinski definition) is 0. The maximum atomic E-state index is 3.90. The van der Waals surface area contributed by atoms with Gasteiger partial charge in [0.15, 0.2) is 0 Å². The molecule has 0 nitrogen and oxygen atoms in total. The van der Waals surface area contributed by atoms with E-state index in [1.54, 1.807) is 0 Å². The lowest BCUT2D eigenvalue weighted by Gasteiger charge is -2.12. The van der Waals surface area contributed by atoms with E-state index >= 15 is 0 Å². The number of allylic oxidation sites excluding steroid dienone is 1.